The number of nitrogens with zero attached hydrogens (tertiary/aromatic N) is 1. The van der Waals surface area contributed by atoms with Gasteiger partial charge < -0.3 is 10.2 Å². The van der Waals surface area contributed by atoms with Gasteiger partial charge in [-0.2, -0.15) is 0 Å². The van der Waals surface area contributed by atoms with Crippen molar-refractivity contribution in [2.45, 2.75) is 32.6 Å². The molecule has 3 heteroatoms. The van der Waals surface area contributed by atoms with E-state index in [0.29, 0.717) is 0 Å². The van der Waals surface area contributed by atoms with Gasteiger partial charge in [-0.1, -0.05) is 0 Å². The molecular formula is C11H22N2O. The first kappa shape index (κ1) is 11.5. The monoisotopic (exact) mass is 198 g/mol. The Balaban J connectivity index is 2.05. The summed E-state index contributed by atoms with van der Waals surface area (Å²) in [4.78, 5) is 12.7. The summed E-state index contributed by atoms with van der Waals surface area (Å²) >= 11 is 0. The second-order valence-corrected chi connectivity index (χ2v) is 4.28. The van der Waals surface area contributed by atoms with Crippen molar-refractivity contribution in [1.29, 1.82) is 0 Å². The zero-order chi connectivity index (χ0) is 10.4. The lowest BCUT2D eigenvalue weighted by Crippen LogP contribution is -2.29. The number of amides is 1. The fourth-order valence-electron chi connectivity index (χ4n) is 1.94. The molecule has 1 N–H and O–H groups in total. The molecule has 0 saturated carbocycles. The van der Waals surface area contributed by atoms with Crippen LogP contribution in [-0.2, 0) is 4.79 Å². The fraction of sp³-hybridized carbons (Fsp3) is 0.909. The second-order valence-electron chi connectivity index (χ2n) is 4.28. The summed E-state index contributed by atoms with van der Waals surface area (Å²) in [5, 5.41) is 3.37. The highest BCUT2D eigenvalue weighted by atomic mass is 16.2. The number of piperidine rings is 1. The molecule has 82 valence electrons. The predicted molar refractivity (Wildman–Crippen MR) is 58.1 cm³/mol. The van der Waals surface area contributed by atoms with Crippen LogP contribution in [0.5, 0.6) is 0 Å². The Morgan fingerprint density at radius 3 is 2.64 bits per heavy atom. The number of hydrogen-bond donors (Lipinski definition) is 1. The van der Waals surface area contributed by atoms with Crippen LogP contribution in [0.1, 0.15) is 32.6 Å². The summed E-state index contributed by atoms with van der Waals surface area (Å²) in [6.07, 6.45) is 5.05. The van der Waals surface area contributed by atoms with Crippen molar-refractivity contribution in [1.82, 2.24) is 10.2 Å². The number of hydrogen-bond acceptors (Lipinski definition) is 2. The first-order chi connectivity index (χ1) is 6.70. The quantitative estimate of drug-likeness (QED) is 0.737. The normalized spacial score (nSPS) is 18.1. The third-order valence-corrected chi connectivity index (χ3v) is 3.10. The molecule has 0 radical (unpaired) electrons. The highest BCUT2D eigenvalue weighted by Crippen LogP contribution is 2.17. The van der Waals surface area contributed by atoms with Gasteiger partial charge in [0.25, 0.3) is 0 Å². The molecule has 1 rings (SSSR count). The highest BCUT2D eigenvalue weighted by molar-refractivity contribution is 5.72. The van der Waals surface area contributed by atoms with Crippen molar-refractivity contribution >= 4 is 5.91 Å². The maximum absolute atomic E-state index is 10.9. The van der Waals surface area contributed by atoms with Gasteiger partial charge >= 0.3 is 0 Å². The van der Waals surface area contributed by atoms with Crippen molar-refractivity contribution in [2.75, 3.05) is 26.7 Å². The molecule has 0 aromatic heterocycles. The van der Waals surface area contributed by atoms with Crippen LogP contribution in [0.2, 0.25) is 0 Å². The third-order valence-electron chi connectivity index (χ3n) is 3.10. The molecule has 0 spiro atoms. The minimum absolute atomic E-state index is 0.176. The number of nitrogens with one attached hydrogen (secondary N) is 1. The summed E-state index contributed by atoms with van der Waals surface area (Å²) in [7, 11) is 1.88. The van der Waals surface area contributed by atoms with Gasteiger partial charge in [0.1, 0.15) is 0 Å². The lowest BCUT2D eigenvalue weighted by atomic mass is 9.93. The first-order valence-corrected chi connectivity index (χ1v) is 5.62. The average Bonchev–Trinajstić information content (AvgIpc) is 2.19. The van der Waals surface area contributed by atoms with E-state index in [4.69, 9.17) is 0 Å². The zero-order valence-electron chi connectivity index (χ0n) is 9.38. The molecule has 0 aliphatic carbocycles. The molecular weight excluding hydrogens is 176 g/mol. The van der Waals surface area contributed by atoms with Crippen LogP contribution in [0, 0.1) is 5.92 Å². The minimum atomic E-state index is 0.176. The molecule has 0 atom stereocenters. The molecule has 0 aromatic carbocycles. The Morgan fingerprint density at radius 2 is 2.07 bits per heavy atom. The van der Waals surface area contributed by atoms with Crippen molar-refractivity contribution in [3.8, 4) is 0 Å². The summed E-state index contributed by atoms with van der Waals surface area (Å²) in [5.41, 5.74) is 0. The van der Waals surface area contributed by atoms with Crippen LogP contribution < -0.4 is 5.32 Å². The zero-order valence-corrected chi connectivity index (χ0v) is 9.38. The van der Waals surface area contributed by atoms with Gasteiger partial charge in [-0.25, -0.2) is 0 Å². The van der Waals surface area contributed by atoms with Crippen molar-refractivity contribution < 1.29 is 4.79 Å². The van der Waals surface area contributed by atoms with E-state index in [0.717, 1.165) is 18.9 Å². The van der Waals surface area contributed by atoms with Crippen LogP contribution >= 0.6 is 0 Å². The standard InChI is InChI=1S/C11H22N2O/c1-10(14)13(2)9-3-4-11-5-7-12-8-6-11/h11-12H,3-9H2,1-2H3. The molecule has 14 heavy (non-hydrogen) atoms. The van der Waals surface area contributed by atoms with Crippen LogP contribution in [0.15, 0.2) is 0 Å². The van der Waals surface area contributed by atoms with Crippen LogP contribution in [0.25, 0.3) is 0 Å². The van der Waals surface area contributed by atoms with Gasteiger partial charge in [-0.3, -0.25) is 4.79 Å². The molecule has 1 fully saturated rings. The number of rotatable bonds is 4. The smallest absolute Gasteiger partial charge is 0.219 e. The minimum Gasteiger partial charge on any atom is -0.346 e. The van der Waals surface area contributed by atoms with Crippen LogP contribution in [0.3, 0.4) is 0 Å². The fourth-order valence-corrected chi connectivity index (χ4v) is 1.94. The molecule has 1 aliphatic heterocycles. The van der Waals surface area contributed by atoms with E-state index >= 15 is 0 Å². The SMILES string of the molecule is CC(=O)N(C)CCCC1CCNCC1. The van der Waals surface area contributed by atoms with E-state index in [1.807, 2.05) is 7.05 Å². The first-order valence-electron chi connectivity index (χ1n) is 5.62. The Kier molecular flexibility index (Phi) is 4.94. The van der Waals surface area contributed by atoms with Gasteiger partial charge in [-0.05, 0) is 44.7 Å². The van der Waals surface area contributed by atoms with Gasteiger partial charge in [0.15, 0.2) is 0 Å². The second kappa shape index (κ2) is 6.02. The van der Waals surface area contributed by atoms with Crippen LogP contribution in [0.4, 0.5) is 0 Å². The number of carbonyl (C=O) groups is 1. The average molecular weight is 198 g/mol. The molecule has 0 unspecified atom stereocenters. The van der Waals surface area contributed by atoms with E-state index in [1.54, 1.807) is 11.8 Å². The van der Waals surface area contributed by atoms with Crippen molar-refractivity contribution in [3.63, 3.8) is 0 Å². The molecule has 1 saturated heterocycles. The molecule has 1 heterocycles. The van der Waals surface area contributed by atoms with E-state index in [-0.39, 0.29) is 5.91 Å². The van der Waals surface area contributed by atoms with Gasteiger partial charge in [0.05, 0.1) is 0 Å². The molecule has 1 amide bonds. The summed E-state index contributed by atoms with van der Waals surface area (Å²) in [5.74, 6) is 1.06. The lowest BCUT2D eigenvalue weighted by molar-refractivity contribution is -0.127. The van der Waals surface area contributed by atoms with Crippen LogP contribution in [-0.4, -0.2) is 37.5 Å². The summed E-state index contributed by atoms with van der Waals surface area (Å²) < 4.78 is 0. The summed E-state index contributed by atoms with van der Waals surface area (Å²) in [6, 6.07) is 0. The Labute approximate surface area is 86.9 Å². The van der Waals surface area contributed by atoms with Gasteiger partial charge in [0.2, 0.25) is 5.91 Å². The number of carbonyl (C=O) groups excluding carboxylic acids is 1. The van der Waals surface area contributed by atoms with Gasteiger partial charge in [0, 0.05) is 20.5 Å². The lowest BCUT2D eigenvalue weighted by Gasteiger charge is -2.23. The molecule has 3 nitrogen and oxygen atoms in total. The maximum atomic E-state index is 10.9. The van der Waals surface area contributed by atoms with Gasteiger partial charge in [-0.15, -0.1) is 0 Å². The third kappa shape index (κ3) is 4.09. The topological polar surface area (TPSA) is 32.3 Å². The van der Waals surface area contributed by atoms with E-state index in [2.05, 4.69) is 5.32 Å². The Morgan fingerprint density at radius 1 is 1.43 bits per heavy atom. The highest BCUT2D eigenvalue weighted by Gasteiger charge is 2.12. The van der Waals surface area contributed by atoms with E-state index in [1.165, 1.54) is 32.4 Å². The predicted octanol–water partition coefficient (Wildman–Crippen LogP) is 1.24. The van der Waals surface area contributed by atoms with E-state index in [9.17, 15) is 4.79 Å². The Bertz CT molecular complexity index is 176. The molecule has 0 aromatic rings. The molecule has 0 bridgehead atoms. The van der Waals surface area contributed by atoms with Crippen molar-refractivity contribution in [2.24, 2.45) is 5.92 Å². The maximum Gasteiger partial charge on any atom is 0.219 e. The largest absolute Gasteiger partial charge is 0.346 e. The Hall–Kier alpha value is -0.570. The molecule has 1 aliphatic rings. The summed E-state index contributed by atoms with van der Waals surface area (Å²) in [6.45, 7) is 4.89. The van der Waals surface area contributed by atoms with Crippen molar-refractivity contribution in [3.05, 3.63) is 0 Å². The van der Waals surface area contributed by atoms with E-state index < -0.39 is 0 Å².